The minimum atomic E-state index is 0.655. The summed E-state index contributed by atoms with van der Waals surface area (Å²) in [7, 11) is 0. The highest BCUT2D eigenvalue weighted by atomic mass is 14.9. The fourth-order valence-electron chi connectivity index (χ4n) is 7.18. The second kappa shape index (κ2) is 14.7. The van der Waals surface area contributed by atoms with Crippen LogP contribution in [0.5, 0.6) is 0 Å². The number of aliphatic imine (C=N–C) groups is 1. The van der Waals surface area contributed by atoms with Crippen molar-refractivity contribution in [3.05, 3.63) is 185 Å². The normalized spacial score (nSPS) is 12.1. The molecule has 52 heavy (non-hydrogen) atoms. The quantitative estimate of drug-likeness (QED) is 0.119. The van der Waals surface area contributed by atoms with Gasteiger partial charge < -0.3 is 0 Å². The van der Waals surface area contributed by atoms with Crippen LogP contribution in [0, 0.1) is 25.2 Å². The fourth-order valence-corrected chi connectivity index (χ4v) is 7.18. The van der Waals surface area contributed by atoms with E-state index in [1.807, 2.05) is 44.3 Å². The highest BCUT2D eigenvalue weighted by molar-refractivity contribution is 6.21. The van der Waals surface area contributed by atoms with Crippen molar-refractivity contribution in [2.75, 3.05) is 0 Å². The molecule has 6 aromatic carbocycles. The molecule has 0 unspecified atom stereocenters. The van der Waals surface area contributed by atoms with Gasteiger partial charge in [0.2, 0.25) is 0 Å². The van der Waals surface area contributed by atoms with E-state index in [4.69, 9.17) is 9.98 Å². The van der Waals surface area contributed by atoms with Gasteiger partial charge in [-0.25, -0.2) is 9.98 Å². The molecule has 0 aliphatic heterocycles. The van der Waals surface area contributed by atoms with Gasteiger partial charge in [-0.3, -0.25) is 0 Å². The maximum Gasteiger partial charge on any atom is 0.155 e. The largest absolute Gasteiger partial charge is 0.236 e. The molecule has 3 heteroatoms. The number of allylic oxidation sites excluding steroid dienone is 2. The first kappa shape index (κ1) is 33.8. The number of aromatic nitrogens is 1. The first-order chi connectivity index (χ1) is 25.4. The first-order valence-corrected chi connectivity index (χ1v) is 17.5. The fraction of sp³-hybridized carbons (Fsp3) is 0.0816. The summed E-state index contributed by atoms with van der Waals surface area (Å²) >= 11 is 0. The summed E-state index contributed by atoms with van der Waals surface area (Å²) in [4.78, 5) is 9.71. The number of aryl methyl sites for hydroxylation is 1. The van der Waals surface area contributed by atoms with Gasteiger partial charge in [-0.15, -0.1) is 0 Å². The van der Waals surface area contributed by atoms with Crippen LogP contribution in [0.4, 0.5) is 5.82 Å². The summed E-state index contributed by atoms with van der Waals surface area (Å²) in [6, 6.07) is 44.9. The Morgan fingerprint density at radius 1 is 0.731 bits per heavy atom. The molecule has 0 fully saturated rings. The highest BCUT2D eigenvalue weighted by Gasteiger charge is 2.17. The van der Waals surface area contributed by atoms with Crippen LogP contribution in [-0.2, 0) is 0 Å². The lowest BCUT2D eigenvalue weighted by atomic mass is 9.85. The number of hydrogen-bond acceptors (Lipinski definition) is 3. The van der Waals surface area contributed by atoms with E-state index in [-0.39, 0.29) is 0 Å². The van der Waals surface area contributed by atoms with Gasteiger partial charge in [0.1, 0.15) is 0 Å². The zero-order chi connectivity index (χ0) is 36.2. The molecule has 0 aliphatic rings. The molecule has 0 bridgehead atoms. The van der Waals surface area contributed by atoms with Crippen LogP contribution < -0.4 is 0 Å². The predicted molar refractivity (Wildman–Crippen MR) is 222 cm³/mol. The zero-order valence-electron chi connectivity index (χ0n) is 30.0. The molecule has 0 amide bonds. The average molecular weight is 670 g/mol. The molecule has 0 spiro atoms. The smallest absolute Gasteiger partial charge is 0.155 e. The van der Waals surface area contributed by atoms with E-state index in [2.05, 4.69) is 148 Å². The third-order valence-electron chi connectivity index (χ3n) is 9.72. The van der Waals surface area contributed by atoms with Crippen LogP contribution in [-0.4, -0.2) is 10.7 Å². The predicted octanol–water partition coefficient (Wildman–Crippen LogP) is 13.1. The van der Waals surface area contributed by atoms with Crippen LogP contribution in [0.1, 0.15) is 52.8 Å². The Morgan fingerprint density at radius 3 is 1.79 bits per heavy atom. The number of benzene rings is 6. The van der Waals surface area contributed by atoms with Crippen molar-refractivity contribution < 1.29 is 0 Å². The Labute approximate surface area is 306 Å². The number of rotatable bonds is 8. The Morgan fingerprint density at radius 2 is 1.27 bits per heavy atom. The topological polar surface area (TPSA) is 49.0 Å². The lowest BCUT2D eigenvalue weighted by Gasteiger charge is -2.18. The molecule has 0 saturated heterocycles. The zero-order valence-corrected chi connectivity index (χ0v) is 30.0. The molecule has 0 radical (unpaired) electrons. The summed E-state index contributed by atoms with van der Waals surface area (Å²) in [6.45, 7) is 12.2. The second-order valence-electron chi connectivity index (χ2n) is 13.0. The Balaban J connectivity index is 1.37. The van der Waals surface area contributed by atoms with Crippen molar-refractivity contribution in [1.29, 1.82) is 5.26 Å². The summed E-state index contributed by atoms with van der Waals surface area (Å²) in [5.41, 5.74) is 13.8. The molecule has 1 aromatic heterocycles. The molecule has 0 aliphatic carbocycles. The molecular formula is C49H39N3. The van der Waals surface area contributed by atoms with E-state index in [0.717, 1.165) is 50.2 Å². The molecule has 7 aromatic rings. The van der Waals surface area contributed by atoms with Gasteiger partial charge in [0.05, 0.1) is 11.6 Å². The standard InChI is InChI=1S/C49H39N3/c1-6-14-41-34(5)49(51-31-36(41)7-2)52-33(4)29-46(40-16-9-8-15-32(40)3)37-25-27-39(28-26-37)48-44-19-12-10-17-42(44)47(43-18-11-13-20-45(43)48)38-23-21-35(30-50)22-24-38/h6-29,31H,2H2,1,3-5H3/b14-6-,46-29-,52-33?. The number of fused-ring (bicyclic) bond motifs is 2. The van der Waals surface area contributed by atoms with Crippen molar-refractivity contribution in [2.24, 2.45) is 4.99 Å². The summed E-state index contributed by atoms with van der Waals surface area (Å²) < 4.78 is 0. The van der Waals surface area contributed by atoms with Gasteiger partial charge in [-0.1, -0.05) is 134 Å². The third-order valence-corrected chi connectivity index (χ3v) is 9.72. The minimum Gasteiger partial charge on any atom is -0.236 e. The lowest BCUT2D eigenvalue weighted by Crippen LogP contribution is -1.97. The Bertz CT molecular complexity index is 2550. The van der Waals surface area contributed by atoms with Gasteiger partial charge >= 0.3 is 0 Å². The first-order valence-electron chi connectivity index (χ1n) is 17.5. The molecule has 1 heterocycles. The van der Waals surface area contributed by atoms with Gasteiger partial charge in [-0.05, 0) is 123 Å². The van der Waals surface area contributed by atoms with Crippen molar-refractivity contribution >= 4 is 50.8 Å². The third kappa shape index (κ3) is 6.39. The van der Waals surface area contributed by atoms with Crippen molar-refractivity contribution in [3.63, 3.8) is 0 Å². The van der Waals surface area contributed by atoms with E-state index >= 15 is 0 Å². The van der Waals surface area contributed by atoms with E-state index in [1.54, 1.807) is 0 Å². The van der Waals surface area contributed by atoms with Crippen LogP contribution in [0.15, 0.2) is 151 Å². The summed E-state index contributed by atoms with van der Waals surface area (Å²) in [5.74, 6) is 0.704. The molecular weight excluding hydrogens is 631 g/mol. The van der Waals surface area contributed by atoms with Crippen molar-refractivity contribution in [3.8, 4) is 28.3 Å². The monoisotopic (exact) mass is 669 g/mol. The summed E-state index contributed by atoms with van der Waals surface area (Å²) in [6.07, 6.45) is 9.98. The number of hydrogen-bond donors (Lipinski definition) is 0. The maximum atomic E-state index is 9.42. The van der Waals surface area contributed by atoms with Crippen LogP contribution in [0.25, 0.3) is 61.5 Å². The van der Waals surface area contributed by atoms with Crippen molar-refractivity contribution in [2.45, 2.75) is 27.7 Å². The number of nitriles is 1. The minimum absolute atomic E-state index is 0.655. The Hall–Kier alpha value is -6.63. The second-order valence-corrected chi connectivity index (χ2v) is 13.0. The van der Waals surface area contributed by atoms with E-state index in [0.29, 0.717) is 11.4 Å². The molecule has 250 valence electrons. The molecule has 7 rings (SSSR count). The molecule has 0 saturated carbocycles. The molecule has 3 nitrogen and oxygen atoms in total. The average Bonchev–Trinajstić information content (AvgIpc) is 3.18. The number of nitrogens with zero attached hydrogens (tertiary/aromatic N) is 3. The summed E-state index contributed by atoms with van der Waals surface area (Å²) in [5, 5.41) is 14.2. The Kier molecular flexibility index (Phi) is 9.56. The highest BCUT2D eigenvalue weighted by Crippen LogP contribution is 2.44. The van der Waals surface area contributed by atoms with Gasteiger partial charge in [0.25, 0.3) is 0 Å². The van der Waals surface area contributed by atoms with Crippen LogP contribution >= 0.6 is 0 Å². The van der Waals surface area contributed by atoms with E-state index < -0.39 is 0 Å². The number of pyridine rings is 1. The molecule has 0 atom stereocenters. The van der Waals surface area contributed by atoms with E-state index in [1.165, 1.54) is 38.2 Å². The van der Waals surface area contributed by atoms with Crippen LogP contribution in [0.2, 0.25) is 0 Å². The van der Waals surface area contributed by atoms with Gasteiger partial charge in [-0.2, -0.15) is 5.26 Å². The van der Waals surface area contributed by atoms with Gasteiger partial charge in [0.15, 0.2) is 5.82 Å². The SMILES string of the molecule is C=Cc1cnc(N=C(C)/C=C(/c2ccc(-c3c4ccccc4c(-c4ccc(C#N)cc4)c4ccccc34)cc2)c2ccccc2C)c(C)c1/C=C\C. The lowest BCUT2D eigenvalue weighted by molar-refractivity contribution is 1.21. The van der Waals surface area contributed by atoms with Crippen molar-refractivity contribution in [1.82, 2.24) is 4.98 Å². The molecule has 0 N–H and O–H groups in total. The van der Waals surface area contributed by atoms with Gasteiger partial charge in [0, 0.05) is 17.5 Å². The van der Waals surface area contributed by atoms with Crippen LogP contribution in [0.3, 0.4) is 0 Å². The van der Waals surface area contributed by atoms with E-state index in [9.17, 15) is 5.26 Å². The maximum absolute atomic E-state index is 9.42.